The Hall–Kier alpha value is -1.63. The summed E-state index contributed by atoms with van der Waals surface area (Å²) in [6.45, 7) is 2.89. The molecule has 7 nitrogen and oxygen atoms in total. The van der Waals surface area contributed by atoms with Crippen LogP contribution in [0, 0.1) is 0 Å². The number of carbonyl (C=O) groups is 3. The van der Waals surface area contributed by atoms with E-state index in [1.807, 2.05) is 0 Å². The average Bonchev–Trinajstić information content (AvgIpc) is 2.15. The third kappa shape index (κ3) is 5.30. The summed E-state index contributed by atoms with van der Waals surface area (Å²) in [5, 5.41) is 8.83. The number of hydrogen-bond acceptors (Lipinski definition) is 4. The molecule has 92 valence electrons. The van der Waals surface area contributed by atoms with Gasteiger partial charge in [0.15, 0.2) is 0 Å². The minimum Gasteiger partial charge on any atom is -0.480 e. The molecule has 0 saturated heterocycles. The van der Waals surface area contributed by atoms with Crippen LogP contribution in [0.3, 0.4) is 0 Å². The minimum absolute atomic E-state index is 0.0922. The number of carboxylic acids is 1. The maximum Gasteiger partial charge on any atom is 0.320 e. The van der Waals surface area contributed by atoms with Gasteiger partial charge in [-0.1, -0.05) is 6.92 Å². The Bertz CT molecular complexity index is 280. The quantitative estimate of drug-likeness (QED) is 0.524. The third-order valence-corrected chi connectivity index (χ3v) is 1.97. The average molecular weight is 231 g/mol. The molecule has 0 aromatic heterocycles. The highest BCUT2D eigenvalue weighted by Crippen LogP contribution is 2.00. The summed E-state index contributed by atoms with van der Waals surface area (Å²) in [5.41, 5.74) is 4.28. The van der Waals surface area contributed by atoms with Crippen LogP contribution in [0.2, 0.25) is 0 Å². The molecule has 0 bridgehead atoms. The summed E-state index contributed by atoms with van der Waals surface area (Å²) in [6, 6.07) is -0.705. The first-order valence-corrected chi connectivity index (χ1v) is 4.87. The molecule has 1 unspecified atom stereocenters. The van der Waals surface area contributed by atoms with E-state index in [2.05, 4.69) is 10.9 Å². The molecule has 0 saturated carbocycles. The van der Waals surface area contributed by atoms with Gasteiger partial charge in [0, 0.05) is 6.92 Å². The summed E-state index contributed by atoms with van der Waals surface area (Å²) >= 11 is 0. The van der Waals surface area contributed by atoms with Gasteiger partial charge in [0.25, 0.3) is 5.91 Å². The van der Waals surface area contributed by atoms with Crippen molar-refractivity contribution >= 4 is 17.8 Å². The van der Waals surface area contributed by atoms with Crippen LogP contribution in [-0.4, -0.2) is 47.4 Å². The Balaban J connectivity index is 4.11. The Kier molecular flexibility index (Phi) is 6.09. The van der Waals surface area contributed by atoms with Gasteiger partial charge in [-0.15, -0.1) is 0 Å². The molecular weight excluding hydrogens is 214 g/mol. The van der Waals surface area contributed by atoms with Gasteiger partial charge in [-0.25, -0.2) is 0 Å². The number of carboxylic acid groups (broad SMARTS) is 1. The number of hydrogen-bond donors (Lipinski definition) is 3. The normalized spacial score (nSPS) is 12.0. The van der Waals surface area contributed by atoms with Crippen LogP contribution in [0.4, 0.5) is 0 Å². The van der Waals surface area contributed by atoms with E-state index < -0.39 is 17.9 Å². The van der Waals surface area contributed by atoms with Gasteiger partial charge in [-0.2, -0.15) is 0 Å². The summed E-state index contributed by atoms with van der Waals surface area (Å²) < 4.78 is 0. The lowest BCUT2D eigenvalue weighted by molar-refractivity contribution is -0.143. The fraction of sp³-hybridized carbons (Fsp3) is 0.667. The monoisotopic (exact) mass is 231 g/mol. The molecule has 0 aliphatic rings. The molecule has 0 radical (unpaired) electrons. The Morgan fingerprint density at radius 3 is 2.25 bits per heavy atom. The number of nitrogens with one attached hydrogen (secondary N) is 2. The van der Waals surface area contributed by atoms with Crippen LogP contribution < -0.4 is 10.9 Å². The smallest absolute Gasteiger partial charge is 0.320 e. The van der Waals surface area contributed by atoms with E-state index in [0.29, 0.717) is 6.42 Å². The van der Waals surface area contributed by atoms with Crippen LogP contribution >= 0.6 is 0 Å². The van der Waals surface area contributed by atoms with Crippen LogP contribution in [0.1, 0.15) is 20.3 Å². The molecule has 0 spiro atoms. The van der Waals surface area contributed by atoms with Crippen molar-refractivity contribution in [1.29, 1.82) is 0 Å². The molecule has 0 rings (SSSR count). The third-order valence-electron chi connectivity index (χ3n) is 1.97. The number of aliphatic carboxylic acids is 1. The van der Waals surface area contributed by atoms with Gasteiger partial charge in [0.05, 0.1) is 6.54 Å². The fourth-order valence-electron chi connectivity index (χ4n) is 1.21. The zero-order valence-electron chi connectivity index (χ0n) is 9.61. The zero-order valence-corrected chi connectivity index (χ0v) is 9.61. The van der Waals surface area contributed by atoms with Crippen molar-refractivity contribution in [3.8, 4) is 0 Å². The van der Waals surface area contributed by atoms with Crippen molar-refractivity contribution in [2.24, 2.45) is 0 Å². The highest BCUT2D eigenvalue weighted by Gasteiger charge is 2.22. The molecule has 2 amide bonds. The zero-order chi connectivity index (χ0) is 12.7. The molecule has 3 N–H and O–H groups in total. The van der Waals surface area contributed by atoms with Crippen LogP contribution in [0.15, 0.2) is 0 Å². The number of carbonyl (C=O) groups excluding carboxylic acids is 2. The van der Waals surface area contributed by atoms with E-state index in [1.54, 1.807) is 6.92 Å². The highest BCUT2D eigenvalue weighted by molar-refractivity contribution is 5.82. The van der Waals surface area contributed by atoms with E-state index in [1.165, 1.54) is 18.9 Å². The first kappa shape index (κ1) is 14.4. The summed E-state index contributed by atoms with van der Waals surface area (Å²) in [4.78, 5) is 33.9. The van der Waals surface area contributed by atoms with Crippen LogP contribution in [0.25, 0.3) is 0 Å². The van der Waals surface area contributed by atoms with Crippen molar-refractivity contribution in [3.63, 3.8) is 0 Å². The lowest BCUT2D eigenvalue weighted by atomic mass is 10.2. The molecule has 0 heterocycles. The number of rotatable bonds is 5. The van der Waals surface area contributed by atoms with Crippen molar-refractivity contribution in [2.75, 3.05) is 13.6 Å². The highest BCUT2D eigenvalue weighted by atomic mass is 16.4. The number of likely N-dealkylation sites (N-methyl/N-ethyl adjacent to an activating group) is 1. The van der Waals surface area contributed by atoms with E-state index in [9.17, 15) is 14.4 Å². The topological polar surface area (TPSA) is 98.7 Å². The molecular formula is C9H17N3O4. The summed E-state index contributed by atoms with van der Waals surface area (Å²) in [6.07, 6.45) is 0.402. The van der Waals surface area contributed by atoms with Crippen LogP contribution in [0.5, 0.6) is 0 Å². The summed E-state index contributed by atoms with van der Waals surface area (Å²) in [7, 11) is 1.54. The van der Waals surface area contributed by atoms with Gasteiger partial charge in [-0.05, 0) is 13.5 Å². The van der Waals surface area contributed by atoms with Gasteiger partial charge >= 0.3 is 5.97 Å². The molecule has 1 atom stereocenters. The Labute approximate surface area is 93.8 Å². The van der Waals surface area contributed by atoms with Crippen molar-refractivity contribution in [3.05, 3.63) is 0 Å². The molecule has 16 heavy (non-hydrogen) atoms. The van der Waals surface area contributed by atoms with E-state index in [-0.39, 0.29) is 12.5 Å². The molecule has 0 aromatic carbocycles. The molecule has 0 aliphatic carbocycles. The molecule has 7 heteroatoms. The lowest BCUT2D eigenvalue weighted by Crippen LogP contribution is -2.48. The van der Waals surface area contributed by atoms with Crippen LogP contribution in [-0.2, 0) is 14.4 Å². The lowest BCUT2D eigenvalue weighted by Gasteiger charge is -2.22. The summed E-state index contributed by atoms with van der Waals surface area (Å²) in [5.74, 6) is -1.82. The van der Waals surface area contributed by atoms with Crippen molar-refractivity contribution < 1.29 is 19.5 Å². The second-order valence-electron chi connectivity index (χ2n) is 3.41. The first-order valence-electron chi connectivity index (χ1n) is 4.87. The first-order chi connectivity index (χ1) is 7.38. The number of amides is 2. The van der Waals surface area contributed by atoms with Gasteiger partial charge in [-0.3, -0.25) is 30.1 Å². The predicted octanol–water partition coefficient (Wildman–Crippen LogP) is -1.05. The predicted molar refractivity (Wildman–Crippen MR) is 56.3 cm³/mol. The molecule has 0 fully saturated rings. The molecule has 0 aromatic rings. The maximum atomic E-state index is 11.2. The largest absolute Gasteiger partial charge is 0.480 e. The van der Waals surface area contributed by atoms with Crippen molar-refractivity contribution in [1.82, 2.24) is 15.8 Å². The maximum absolute atomic E-state index is 11.2. The van der Waals surface area contributed by atoms with Crippen molar-refractivity contribution in [2.45, 2.75) is 26.3 Å². The Morgan fingerprint density at radius 2 is 1.88 bits per heavy atom. The fourth-order valence-corrected chi connectivity index (χ4v) is 1.21. The van der Waals surface area contributed by atoms with Gasteiger partial charge in [0.2, 0.25) is 5.91 Å². The second kappa shape index (κ2) is 6.78. The minimum atomic E-state index is -0.975. The SMILES string of the molecule is CCC(C(=O)O)N(C)CC(=O)NNC(C)=O. The van der Waals surface area contributed by atoms with Gasteiger partial charge in [0.1, 0.15) is 6.04 Å². The van der Waals surface area contributed by atoms with E-state index in [4.69, 9.17) is 5.11 Å². The molecule has 0 aliphatic heterocycles. The number of hydrazine groups is 1. The van der Waals surface area contributed by atoms with E-state index >= 15 is 0 Å². The van der Waals surface area contributed by atoms with Gasteiger partial charge < -0.3 is 5.11 Å². The number of nitrogens with zero attached hydrogens (tertiary/aromatic N) is 1. The Morgan fingerprint density at radius 1 is 1.31 bits per heavy atom. The second-order valence-corrected chi connectivity index (χ2v) is 3.41. The van der Waals surface area contributed by atoms with E-state index in [0.717, 1.165) is 0 Å². The standard InChI is InChI=1S/C9H17N3O4/c1-4-7(9(15)16)12(3)5-8(14)11-10-6(2)13/h7H,4-5H2,1-3H3,(H,10,13)(H,11,14)(H,15,16).